The molecule has 2 nitrogen and oxygen atoms in total. The van der Waals surface area contributed by atoms with Crippen LogP contribution in [-0.4, -0.2) is 22.8 Å². The van der Waals surface area contributed by atoms with Gasteiger partial charge in [0.15, 0.2) is 0 Å². The molecule has 1 saturated carbocycles. The number of hydrogen-bond donors (Lipinski definition) is 0. The second-order valence-corrected chi connectivity index (χ2v) is 5.99. The monoisotopic (exact) mass is 245 g/mol. The van der Waals surface area contributed by atoms with Crippen molar-refractivity contribution >= 4 is 5.78 Å². The van der Waals surface area contributed by atoms with Crippen molar-refractivity contribution < 1.29 is 4.79 Å². The summed E-state index contributed by atoms with van der Waals surface area (Å²) >= 11 is 0. The predicted molar refractivity (Wildman–Crippen MR) is 73.2 cm³/mol. The summed E-state index contributed by atoms with van der Waals surface area (Å²) in [5.74, 6) is 0.462. The van der Waals surface area contributed by atoms with E-state index in [9.17, 15) is 4.79 Å². The largest absolute Gasteiger partial charge is 0.366 e. The average molecular weight is 245 g/mol. The average Bonchev–Trinajstić information content (AvgIpc) is 2.40. The highest BCUT2D eigenvalue weighted by atomic mass is 16.1. The van der Waals surface area contributed by atoms with E-state index in [-0.39, 0.29) is 0 Å². The Morgan fingerprint density at radius 1 is 1.11 bits per heavy atom. The molecular formula is C16H23NO. The van der Waals surface area contributed by atoms with Crippen LogP contribution in [0.3, 0.4) is 0 Å². The highest BCUT2D eigenvalue weighted by Gasteiger charge is 2.32. The molecule has 0 aromatic carbocycles. The lowest BCUT2D eigenvalue weighted by atomic mass is 9.85. The number of Topliss-reactive ketones (excluding diaryl/α,β-unsaturated/α-hetero) is 1. The Balaban J connectivity index is 1.83. The Morgan fingerprint density at radius 3 is 2.67 bits per heavy atom. The summed E-state index contributed by atoms with van der Waals surface area (Å²) < 4.78 is 0. The van der Waals surface area contributed by atoms with E-state index in [1.165, 1.54) is 31.4 Å². The van der Waals surface area contributed by atoms with Gasteiger partial charge in [-0.15, -0.1) is 0 Å². The van der Waals surface area contributed by atoms with Crippen molar-refractivity contribution in [2.75, 3.05) is 0 Å². The number of nitrogens with zero attached hydrogens (tertiary/aromatic N) is 1. The fourth-order valence-corrected chi connectivity index (χ4v) is 3.74. The van der Waals surface area contributed by atoms with Crippen molar-refractivity contribution in [3.05, 3.63) is 23.4 Å². The summed E-state index contributed by atoms with van der Waals surface area (Å²) in [7, 11) is 0. The van der Waals surface area contributed by atoms with Crippen molar-refractivity contribution in [1.29, 1.82) is 0 Å². The first-order valence-electron chi connectivity index (χ1n) is 7.44. The lowest BCUT2D eigenvalue weighted by molar-refractivity contribution is -0.121. The van der Waals surface area contributed by atoms with Gasteiger partial charge in [0.1, 0.15) is 5.78 Å². The second-order valence-electron chi connectivity index (χ2n) is 5.99. The number of ketones is 1. The van der Waals surface area contributed by atoms with Crippen LogP contribution in [0.15, 0.2) is 23.4 Å². The molecule has 0 amide bonds. The Morgan fingerprint density at radius 2 is 1.89 bits per heavy atom. The minimum atomic E-state index is 0.462. The number of hydrogen-bond acceptors (Lipinski definition) is 2. The van der Waals surface area contributed by atoms with Crippen molar-refractivity contribution in [3.63, 3.8) is 0 Å². The van der Waals surface area contributed by atoms with Crippen LogP contribution in [0.4, 0.5) is 0 Å². The first-order chi connectivity index (χ1) is 8.75. The van der Waals surface area contributed by atoms with Crippen LogP contribution < -0.4 is 0 Å². The number of rotatable bonds is 1. The van der Waals surface area contributed by atoms with Gasteiger partial charge in [0, 0.05) is 30.6 Å². The molecule has 0 aromatic heterocycles. The van der Waals surface area contributed by atoms with E-state index >= 15 is 0 Å². The fraction of sp³-hybridized carbons (Fsp3) is 0.688. The minimum absolute atomic E-state index is 0.462. The molecular weight excluding hydrogens is 222 g/mol. The van der Waals surface area contributed by atoms with Gasteiger partial charge in [0.2, 0.25) is 0 Å². The molecule has 98 valence electrons. The third kappa shape index (κ3) is 2.13. The van der Waals surface area contributed by atoms with Gasteiger partial charge in [-0.1, -0.05) is 6.08 Å². The van der Waals surface area contributed by atoms with Gasteiger partial charge in [-0.3, -0.25) is 4.79 Å². The minimum Gasteiger partial charge on any atom is -0.366 e. The summed E-state index contributed by atoms with van der Waals surface area (Å²) in [5, 5.41) is 0. The molecule has 3 aliphatic rings. The van der Waals surface area contributed by atoms with Gasteiger partial charge in [0.25, 0.3) is 0 Å². The smallest absolute Gasteiger partial charge is 0.133 e. The third-order valence-corrected chi connectivity index (χ3v) is 4.77. The number of carbonyl (C=O) groups excluding carboxylic acids is 1. The molecule has 0 radical (unpaired) electrons. The maximum atomic E-state index is 11.4. The molecule has 18 heavy (non-hydrogen) atoms. The highest BCUT2D eigenvalue weighted by Crippen LogP contribution is 2.37. The highest BCUT2D eigenvalue weighted by molar-refractivity contribution is 5.79. The lowest BCUT2D eigenvalue weighted by Crippen LogP contribution is -2.45. The molecule has 1 unspecified atom stereocenters. The zero-order valence-electron chi connectivity index (χ0n) is 11.3. The Hall–Kier alpha value is -1.05. The summed E-state index contributed by atoms with van der Waals surface area (Å²) in [6, 6.07) is 1.25. The molecule has 0 bridgehead atoms. The van der Waals surface area contributed by atoms with Crippen molar-refractivity contribution in [1.82, 2.24) is 4.90 Å². The molecule has 0 spiro atoms. The molecule has 1 aliphatic heterocycles. The van der Waals surface area contributed by atoms with E-state index in [1.54, 1.807) is 5.57 Å². The molecule has 3 rings (SSSR count). The Bertz CT molecular complexity index is 397. The Kier molecular flexibility index (Phi) is 3.27. The molecule has 1 fully saturated rings. The molecule has 0 saturated heterocycles. The first kappa shape index (κ1) is 12.0. The summed E-state index contributed by atoms with van der Waals surface area (Å²) in [5.41, 5.74) is 3.16. The van der Waals surface area contributed by atoms with Crippen LogP contribution in [0.5, 0.6) is 0 Å². The van der Waals surface area contributed by atoms with Crippen LogP contribution in [0, 0.1) is 0 Å². The maximum absolute atomic E-state index is 11.4. The zero-order valence-corrected chi connectivity index (χ0v) is 11.3. The topological polar surface area (TPSA) is 20.3 Å². The maximum Gasteiger partial charge on any atom is 0.133 e. The first-order valence-corrected chi connectivity index (χ1v) is 7.44. The van der Waals surface area contributed by atoms with Gasteiger partial charge in [-0.25, -0.2) is 0 Å². The van der Waals surface area contributed by atoms with E-state index in [1.807, 2.05) is 0 Å². The predicted octanol–water partition coefficient (Wildman–Crippen LogP) is 3.59. The SMILES string of the molecule is CC1CCC2=C(C=CCC2)N1C1CCC(=O)CC1. The standard InChI is InChI=1S/C16H23NO/c1-12-6-7-13-4-2-3-5-16(13)17(12)14-8-10-15(18)11-9-14/h3,5,12,14H,2,4,6-11H2,1H3. The van der Waals surface area contributed by atoms with Crippen LogP contribution in [-0.2, 0) is 4.79 Å². The fourth-order valence-electron chi connectivity index (χ4n) is 3.74. The number of allylic oxidation sites excluding steroid dienone is 3. The lowest BCUT2D eigenvalue weighted by Gasteiger charge is -2.45. The number of carbonyl (C=O) groups is 1. The van der Waals surface area contributed by atoms with E-state index in [0.29, 0.717) is 17.9 Å². The van der Waals surface area contributed by atoms with Crippen LogP contribution in [0.25, 0.3) is 0 Å². The van der Waals surface area contributed by atoms with Crippen molar-refractivity contribution in [3.8, 4) is 0 Å². The van der Waals surface area contributed by atoms with Gasteiger partial charge in [0.05, 0.1) is 0 Å². The van der Waals surface area contributed by atoms with Crippen LogP contribution >= 0.6 is 0 Å². The van der Waals surface area contributed by atoms with Gasteiger partial charge < -0.3 is 4.90 Å². The molecule has 0 aromatic rings. The van der Waals surface area contributed by atoms with E-state index in [2.05, 4.69) is 24.0 Å². The van der Waals surface area contributed by atoms with E-state index < -0.39 is 0 Å². The summed E-state index contributed by atoms with van der Waals surface area (Å²) in [6.45, 7) is 2.35. The van der Waals surface area contributed by atoms with Gasteiger partial charge in [-0.05, 0) is 57.1 Å². The summed E-state index contributed by atoms with van der Waals surface area (Å²) in [6.07, 6.45) is 13.4. The quantitative estimate of drug-likeness (QED) is 0.703. The Labute approximate surface area is 110 Å². The van der Waals surface area contributed by atoms with E-state index in [4.69, 9.17) is 0 Å². The normalized spacial score (nSPS) is 29.7. The molecule has 2 aliphatic carbocycles. The van der Waals surface area contributed by atoms with Crippen molar-refractivity contribution in [2.24, 2.45) is 0 Å². The van der Waals surface area contributed by atoms with Crippen molar-refractivity contribution in [2.45, 2.75) is 70.4 Å². The van der Waals surface area contributed by atoms with Gasteiger partial charge >= 0.3 is 0 Å². The molecule has 1 atom stereocenters. The second kappa shape index (κ2) is 4.91. The molecule has 2 heteroatoms. The molecule has 0 N–H and O–H groups in total. The van der Waals surface area contributed by atoms with Crippen LogP contribution in [0.1, 0.15) is 58.3 Å². The van der Waals surface area contributed by atoms with E-state index in [0.717, 1.165) is 25.7 Å². The van der Waals surface area contributed by atoms with Crippen LogP contribution in [0.2, 0.25) is 0 Å². The summed E-state index contributed by atoms with van der Waals surface area (Å²) in [4.78, 5) is 14.1. The zero-order chi connectivity index (χ0) is 12.5. The van der Waals surface area contributed by atoms with Gasteiger partial charge in [-0.2, -0.15) is 0 Å². The molecule has 1 heterocycles. The third-order valence-electron chi connectivity index (χ3n) is 4.77.